The lowest BCUT2D eigenvalue weighted by Gasteiger charge is -2.60. The van der Waals surface area contributed by atoms with Crippen LogP contribution in [0.4, 0.5) is 0 Å². The molecule has 1 heterocycles. The maximum Gasteiger partial charge on any atom is 0.0904 e. The Bertz CT molecular complexity index is 546. The van der Waals surface area contributed by atoms with Crippen molar-refractivity contribution in [3.63, 3.8) is 0 Å². The molecule has 0 amide bonds. The van der Waals surface area contributed by atoms with Crippen LogP contribution in [0.25, 0.3) is 0 Å². The molecule has 6 bridgehead atoms. The molecule has 2 heteroatoms. The molecule has 0 N–H and O–H groups in total. The van der Waals surface area contributed by atoms with Crippen LogP contribution >= 0.6 is 0 Å². The van der Waals surface area contributed by atoms with E-state index >= 15 is 0 Å². The van der Waals surface area contributed by atoms with Gasteiger partial charge in [0.2, 0.25) is 0 Å². The summed E-state index contributed by atoms with van der Waals surface area (Å²) in [4.78, 5) is 5.68. The molecule has 1 aliphatic heterocycles. The molecular formula is C24H38N2. The van der Waals surface area contributed by atoms with Gasteiger partial charge in [0.15, 0.2) is 0 Å². The van der Waals surface area contributed by atoms with E-state index in [-0.39, 0.29) is 0 Å². The Kier molecular flexibility index (Phi) is 3.56. The highest BCUT2D eigenvalue weighted by molar-refractivity contribution is 5.14. The highest BCUT2D eigenvalue weighted by Crippen LogP contribution is 2.59. The lowest BCUT2D eigenvalue weighted by molar-refractivity contribution is -0.0867. The summed E-state index contributed by atoms with van der Waals surface area (Å²) in [6.45, 7) is 3.68. The third-order valence-electron chi connectivity index (χ3n) is 9.84. The van der Waals surface area contributed by atoms with Gasteiger partial charge in [-0.05, 0) is 93.8 Å². The van der Waals surface area contributed by atoms with Gasteiger partial charge in [0.05, 0.1) is 6.67 Å². The summed E-state index contributed by atoms with van der Waals surface area (Å²) in [5.41, 5.74) is 1.01. The van der Waals surface area contributed by atoms with Gasteiger partial charge in [-0.25, -0.2) is 0 Å². The van der Waals surface area contributed by atoms with E-state index in [9.17, 15) is 0 Å². The van der Waals surface area contributed by atoms with Crippen molar-refractivity contribution in [1.29, 1.82) is 0 Å². The number of nitrogens with zero attached hydrogens (tertiary/aromatic N) is 2. The van der Waals surface area contributed by atoms with E-state index in [0.29, 0.717) is 11.1 Å². The molecule has 6 saturated carbocycles. The van der Waals surface area contributed by atoms with E-state index in [4.69, 9.17) is 0 Å². The molecule has 2 nitrogen and oxygen atoms in total. The molecule has 0 saturated heterocycles. The molecule has 0 aromatic rings. The monoisotopic (exact) mass is 354 g/mol. The van der Waals surface area contributed by atoms with Crippen molar-refractivity contribution in [2.45, 2.75) is 101 Å². The van der Waals surface area contributed by atoms with Crippen LogP contribution in [-0.4, -0.2) is 27.5 Å². The molecule has 0 spiro atoms. The molecule has 2 unspecified atom stereocenters. The van der Waals surface area contributed by atoms with Crippen LogP contribution < -0.4 is 0 Å². The van der Waals surface area contributed by atoms with Crippen molar-refractivity contribution in [3.05, 3.63) is 12.4 Å². The Morgan fingerprint density at radius 3 is 1.85 bits per heavy atom. The fourth-order valence-electron chi connectivity index (χ4n) is 9.11. The van der Waals surface area contributed by atoms with Crippen molar-refractivity contribution >= 4 is 0 Å². The number of rotatable bonds is 3. The molecule has 2 atom stereocenters. The first-order valence-corrected chi connectivity index (χ1v) is 11.9. The van der Waals surface area contributed by atoms with Gasteiger partial charge in [0.25, 0.3) is 0 Å². The van der Waals surface area contributed by atoms with Crippen molar-refractivity contribution in [3.8, 4) is 0 Å². The van der Waals surface area contributed by atoms with Gasteiger partial charge in [0, 0.05) is 23.5 Å². The lowest BCUT2D eigenvalue weighted by Crippen LogP contribution is -2.60. The third kappa shape index (κ3) is 2.35. The third-order valence-corrected chi connectivity index (χ3v) is 9.84. The fourth-order valence-corrected chi connectivity index (χ4v) is 9.11. The Hall–Kier alpha value is -0.660. The van der Waals surface area contributed by atoms with E-state index in [2.05, 4.69) is 29.1 Å². The fraction of sp³-hybridized carbons (Fsp3) is 0.917. The summed E-state index contributed by atoms with van der Waals surface area (Å²) in [6, 6.07) is 0. The summed E-state index contributed by atoms with van der Waals surface area (Å²) in [6.07, 6.45) is 24.6. The zero-order valence-corrected chi connectivity index (χ0v) is 16.8. The molecular weight excluding hydrogens is 316 g/mol. The summed E-state index contributed by atoms with van der Waals surface area (Å²) < 4.78 is 0. The molecule has 0 aromatic heterocycles. The maximum atomic E-state index is 2.85. The quantitative estimate of drug-likeness (QED) is 0.636. The molecule has 7 aliphatic rings. The van der Waals surface area contributed by atoms with Crippen LogP contribution in [0.15, 0.2) is 12.4 Å². The minimum absolute atomic E-state index is 0.474. The van der Waals surface area contributed by atoms with E-state index in [1.807, 2.05) is 0 Å². The van der Waals surface area contributed by atoms with E-state index in [1.54, 1.807) is 19.3 Å². The first-order valence-electron chi connectivity index (χ1n) is 11.9. The smallest absolute Gasteiger partial charge is 0.0904 e. The second-order valence-corrected chi connectivity index (χ2v) is 11.4. The topological polar surface area (TPSA) is 6.48 Å². The highest BCUT2D eigenvalue weighted by atomic mass is 15.4. The summed E-state index contributed by atoms with van der Waals surface area (Å²) >= 11 is 0. The van der Waals surface area contributed by atoms with Crippen LogP contribution in [0, 0.1) is 29.6 Å². The van der Waals surface area contributed by atoms with Crippen LogP contribution in [0.5, 0.6) is 0 Å². The van der Waals surface area contributed by atoms with E-state index < -0.39 is 0 Å². The summed E-state index contributed by atoms with van der Waals surface area (Å²) in [7, 11) is 0. The predicted octanol–water partition coefficient (Wildman–Crippen LogP) is 5.75. The van der Waals surface area contributed by atoms with Crippen molar-refractivity contribution < 1.29 is 0 Å². The normalized spacial score (nSPS) is 52.1. The van der Waals surface area contributed by atoms with Crippen LogP contribution in [-0.2, 0) is 0 Å². The van der Waals surface area contributed by atoms with Crippen LogP contribution in [0.3, 0.4) is 0 Å². The average Bonchev–Trinajstić information content (AvgIpc) is 3.12. The zero-order valence-electron chi connectivity index (χ0n) is 16.8. The van der Waals surface area contributed by atoms with Gasteiger partial charge in [-0.2, -0.15) is 0 Å². The molecule has 0 radical (unpaired) electrons. The van der Waals surface area contributed by atoms with Gasteiger partial charge in [0.1, 0.15) is 0 Å². The Morgan fingerprint density at radius 1 is 0.731 bits per heavy atom. The predicted molar refractivity (Wildman–Crippen MR) is 106 cm³/mol. The maximum absolute atomic E-state index is 2.85. The van der Waals surface area contributed by atoms with Crippen LogP contribution in [0.1, 0.15) is 90.4 Å². The van der Waals surface area contributed by atoms with Crippen molar-refractivity contribution in [2.24, 2.45) is 29.6 Å². The second kappa shape index (κ2) is 5.67. The summed E-state index contributed by atoms with van der Waals surface area (Å²) in [5.74, 6) is 5.20. The standard InChI is InChI=1S/C24H38N2/c1-2-23(12-18-4-3-5-19(8-18)13-23)25-6-7-26(17-25)24-14-20-9-21(15-24)11-22(10-20)16-24/h6-7,18-22H,2-5,8-17H2,1H3. The van der Waals surface area contributed by atoms with E-state index in [1.165, 1.54) is 70.9 Å². The van der Waals surface area contributed by atoms with E-state index in [0.717, 1.165) is 29.6 Å². The first kappa shape index (κ1) is 16.3. The van der Waals surface area contributed by atoms with Crippen molar-refractivity contribution in [2.75, 3.05) is 6.67 Å². The minimum Gasteiger partial charge on any atom is -0.353 e. The molecule has 6 fully saturated rings. The molecule has 6 aliphatic carbocycles. The minimum atomic E-state index is 0.474. The molecule has 7 rings (SSSR count). The SMILES string of the molecule is CCC1(N2C=CN(C34CC5CC(CC(C5)C3)C4)C2)CC2CCCC(C2)C1. The average molecular weight is 355 g/mol. The lowest BCUT2D eigenvalue weighted by atomic mass is 9.52. The molecule has 0 aromatic carbocycles. The van der Waals surface area contributed by atoms with Gasteiger partial charge in [-0.1, -0.05) is 26.2 Å². The van der Waals surface area contributed by atoms with Gasteiger partial charge in [-0.3, -0.25) is 0 Å². The number of hydrogen-bond acceptors (Lipinski definition) is 2. The molecule has 144 valence electrons. The van der Waals surface area contributed by atoms with Gasteiger partial charge >= 0.3 is 0 Å². The Labute approximate surface area is 160 Å². The second-order valence-electron chi connectivity index (χ2n) is 11.4. The number of hydrogen-bond donors (Lipinski definition) is 0. The van der Waals surface area contributed by atoms with Crippen LogP contribution in [0.2, 0.25) is 0 Å². The zero-order chi connectivity index (χ0) is 17.4. The molecule has 26 heavy (non-hydrogen) atoms. The Morgan fingerprint density at radius 2 is 1.27 bits per heavy atom. The van der Waals surface area contributed by atoms with Gasteiger partial charge in [-0.15, -0.1) is 0 Å². The first-order chi connectivity index (χ1) is 12.7. The number of fused-ring (bicyclic) bond motifs is 2. The van der Waals surface area contributed by atoms with Crippen molar-refractivity contribution in [1.82, 2.24) is 9.80 Å². The van der Waals surface area contributed by atoms with Gasteiger partial charge < -0.3 is 9.80 Å². The largest absolute Gasteiger partial charge is 0.353 e. The summed E-state index contributed by atoms with van der Waals surface area (Å²) in [5, 5.41) is 0. The highest BCUT2D eigenvalue weighted by Gasteiger charge is 2.55. The Balaban J connectivity index is 1.23.